The molecular weight excluding hydrogens is 498 g/mol. The van der Waals surface area contributed by atoms with Gasteiger partial charge in [0.25, 0.3) is 0 Å². The molecule has 0 bridgehead atoms. The van der Waals surface area contributed by atoms with E-state index in [2.05, 4.69) is 63.7 Å². The van der Waals surface area contributed by atoms with Gasteiger partial charge in [-0.25, -0.2) is 4.79 Å². The van der Waals surface area contributed by atoms with Gasteiger partial charge in [0.15, 0.2) is 0 Å². The second-order valence-electron chi connectivity index (χ2n) is 10.9. The normalized spacial score (nSPS) is 14.5. The lowest BCUT2D eigenvalue weighted by Gasteiger charge is -2.36. The molecule has 1 aromatic heterocycles. The Morgan fingerprint density at radius 3 is 2.25 bits per heavy atom. The zero-order valence-corrected chi connectivity index (χ0v) is 23.6. The smallest absolute Gasteiger partial charge is 0.339 e. The largest absolute Gasteiger partial charge is 0.462 e. The molecule has 0 spiro atoms. The van der Waals surface area contributed by atoms with Crippen molar-refractivity contribution in [1.82, 2.24) is 4.98 Å². The lowest BCUT2D eigenvalue weighted by atomic mass is 9.69. The van der Waals surface area contributed by atoms with Crippen LogP contribution in [0.15, 0.2) is 79.0 Å². The van der Waals surface area contributed by atoms with Crippen LogP contribution in [-0.2, 0) is 16.0 Å². The number of carbonyl (C=O) groups is 2. The number of anilines is 2. The van der Waals surface area contributed by atoms with E-state index in [0.29, 0.717) is 29.8 Å². The van der Waals surface area contributed by atoms with Crippen LogP contribution in [0.4, 0.5) is 11.4 Å². The van der Waals surface area contributed by atoms with Gasteiger partial charge in [-0.2, -0.15) is 0 Å². The minimum atomic E-state index is -0.472. The molecule has 1 heterocycles. The summed E-state index contributed by atoms with van der Waals surface area (Å²) in [7, 11) is 4.08. The Morgan fingerprint density at radius 1 is 0.925 bits per heavy atom. The van der Waals surface area contributed by atoms with Gasteiger partial charge in [0, 0.05) is 31.4 Å². The molecule has 1 aliphatic carbocycles. The Kier molecular flexibility index (Phi) is 8.15. The van der Waals surface area contributed by atoms with Crippen LogP contribution < -0.4 is 10.2 Å². The monoisotopic (exact) mass is 535 g/mol. The molecule has 1 saturated carbocycles. The molecule has 1 N–H and O–H groups in total. The third-order valence-corrected chi connectivity index (χ3v) is 7.98. The summed E-state index contributed by atoms with van der Waals surface area (Å²) in [5, 5.41) is 4.01. The molecule has 1 aliphatic rings. The molecule has 4 aromatic rings. The molecule has 5 rings (SSSR count). The quantitative estimate of drug-likeness (QED) is 0.240. The van der Waals surface area contributed by atoms with Gasteiger partial charge in [0.1, 0.15) is 0 Å². The van der Waals surface area contributed by atoms with Crippen LogP contribution in [0.3, 0.4) is 0 Å². The van der Waals surface area contributed by atoms with Gasteiger partial charge < -0.3 is 15.0 Å². The van der Waals surface area contributed by atoms with Crippen molar-refractivity contribution in [2.75, 3.05) is 30.9 Å². The molecule has 6 heteroatoms. The van der Waals surface area contributed by atoms with Crippen LogP contribution in [0.25, 0.3) is 22.0 Å². The van der Waals surface area contributed by atoms with E-state index in [1.807, 2.05) is 32.3 Å². The molecule has 0 unspecified atom stereocenters. The van der Waals surface area contributed by atoms with Crippen LogP contribution >= 0.6 is 0 Å². The summed E-state index contributed by atoms with van der Waals surface area (Å²) < 4.78 is 5.12. The highest BCUT2D eigenvalue weighted by Gasteiger charge is 2.39. The molecule has 40 heavy (non-hydrogen) atoms. The number of amides is 1. The van der Waals surface area contributed by atoms with Gasteiger partial charge in [0.05, 0.1) is 28.8 Å². The van der Waals surface area contributed by atoms with Crippen LogP contribution in [0.1, 0.15) is 54.9 Å². The summed E-state index contributed by atoms with van der Waals surface area (Å²) in [4.78, 5) is 32.8. The lowest BCUT2D eigenvalue weighted by molar-refractivity contribution is -0.127. The molecule has 0 radical (unpaired) electrons. The highest BCUT2D eigenvalue weighted by Crippen LogP contribution is 2.41. The maximum atomic E-state index is 14.0. The van der Waals surface area contributed by atoms with Crippen molar-refractivity contribution in [2.45, 2.75) is 45.4 Å². The number of aromatic nitrogens is 1. The van der Waals surface area contributed by atoms with Crippen LogP contribution in [0.5, 0.6) is 0 Å². The highest BCUT2D eigenvalue weighted by molar-refractivity contribution is 6.04. The maximum Gasteiger partial charge on any atom is 0.339 e. The number of hydrogen-bond donors (Lipinski definition) is 1. The number of rotatable bonds is 8. The summed E-state index contributed by atoms with van der Waals surface area (Å²) in [5.74, 6) is -0.358. The Labute approximate surface area is 236 Å². The molecule has 1 fully saturated rings. The van der Waals surface area contributed by atoms with Crippen molar-refractivity contribution in [3.63, 3.8) is 0 Å². The number of para-hydroxylation sites is 1. The van der Waals surface area contributed by atoms with Gasteiger partial charge in [-0.05, 0) is 67.1 Å². The van der Waals surface area contributed by atoms with E-state index in [-0.39, 0.29) is 5.91 Å². The average molecular weight is 536 g/mol. The number of esters is 1. The summed E-state index contributed by atoms with van der Waals surface area (Å²) in [6, 6.07) is 24.6. The fourth-order valence-corrected chi connectivity index (χ4v) is 5.71. The molecule has 0 atom stereocenters. The van der Waals surface area contributed by atoms with Crippen molar-refractivity contribution in [2.24, 2.45) is 5.41 Å². The first-order valence-electron chi connectivity index (χ1n) is 14.1. The van der Waals surface area contributed by atoms with E-state index < -0.39 is 11.4 Å². The fourth-order valence-electron chi connectivity index (χ4n) is 5.71. The predicted molar refractivity (Wildman–Crippen MR) is 162 cm³/mol. The van der Waals surface area contributed by atoms with Crippen LogP contribution in [-0.4, -0.2) is 37.6 Å². The Morgan fingerprint density at radius 2 is 1.60 bits per heavy atom. The second-order valence-corrected chi connectivity index (χ2v) is 10.9. The summed E-state index contributed by atoms with van der Waals surface area (Å²) >= 11 is 0. The van der Waals surface area contributed by atoms with Crippen molar-refractivity contribution < 1.29 is 14.3 Å². The number of carbonyl (C=O) groups excluding carboxylic acids is 2. The van der Waals surface area contributed by atoms with Gasteiger partial charge >= 0.3 is 5.97 Å². The standard InChI is InChI=1S/C34H37N3O3/c1-4-40-32(38)28-21-27-9-8-10-30(31(27)35-23-28)36-33(39)34(19-6-5-7-20-34)22-24-11-13-25(14-12-24)26-15-17-29(18-16-26)37(2)3/h8-18,21,23H,4-7,19-20,22H2,1-3H3,(H,36,39). The van der Waals surface area contributed by atoms with E-state index in [9.17, 15) is 9.59 Å². The SMILES string of the molecule is CCOC(=O)c1cnc2c(NC(=O)C3(Cc4ccc(-c5ccc(N(C)C)cc5)cc4)CCCCC3)cccc2c1. The van der Waals surface area contributed by atoms with E-state index in [1.54, 1.807) is 13.0 Å². The lowest BCUT2D eigenvalue weighted by Crippen LogP contribution is -2.40. The number of benzene rings is 3. The third kappa shape index (κ3) is 5.86. The number of ether oxygens (including phenoxy) is 1. The first-order valence-corrected chi connectivity index (χ1v) is 14.1. The molecule has 0 saturated heterocycles. The van der Waals surface area contributed by atoms with E-state index in [4.69, 9.17) is 4.74 Å². The number of nitrogens with one attached hydrogen (secondary N) is 1. The average Bonchev–Trinajstić information content (AvgIpc) is 2.98. The Balaban J connectivity index is 1.36. The van der Waals surface area contributed by atoms with E-state index in [1.165, 1.54) is 28.6 Å². The molecule has 206 valence electrons. The Hall–Kier alpha value is -4.19. The van der Waals surface area contributed by atoms with E-state index in [0.717, 1.165) is 37.5 Å². The van der Waals surface area contributed by atoms with Crippen molar-refractivity contribution >= 4 is 34.2 Å². The van der Waals surface area contributed by atoms with Gasteiger partial charge in [-0.15, -0.1) is 0 Å². The second kappa shape index (κ2) is 11.9. The predicted octanol–water partition coefficient (Wildman–Crippen LogP) is 7.28. The van der Waals surface area contributed by atoms with Gasteiger partial charge in [-0.3, -0.25) is 9.78 Å². The number of hydrogen-bond acceptors (Lipinski definition) is 5. The first kappa shape index (κ1) is 27.4. The van der Waals surface area contributed by atoms with Crippen molar-refractivity contribution in [3.8, 4) is 11.1 Å². The van der Waals surface area contributed by atoms with Gasteiger partial charge in [0.2, 0.25) is 5.91 Å². The maximum absolute atomic E-state index is 14.0. The highest BCUT2D eigenvalue weighted by atomic mass is 16.5. The minimum Gasteiger partial charge on any atom is -0.462 e. The summed E-state index contributed by atoms with van der Waals surface area (Å²) in [6.45, 7) is 2.08. The zero-order valence-electron chi connectivity index (χ0n) is 23.6. The molecular formula is C34H37N3O3. The summed E-state index contributed by atoms with van der Waals surface area (Å²) in [5.41, 5.74) is 5.95. The van der Waals surface area contributed by atoms with Gasteiger partial charge in [-0.1, -0.05) is 67.8 Å². The topological polar surface area (TPSA) is 71.5 Å². The Bertz CT molecular complexity index is 1490. The van der Waals surface area contributed by atoms with Crippen LogP contribution in [0.2, 0.25) is 0 Å². The molecule has 3 aromatic carbocycles. The molecule has 6 nitrogen and oxygen atoms in total. The molecule has 1 amide bonds. The number of pyridine rings is 1. The van der Waals surface area contributed by atoms with Crippen molar-refractivity contribution in [3.05, 3.63) is 90.1 Å². The van der Waals surface area contributed by atoms with E-state index >= 15 is 0 Å². The first-order chi connectivity index (χ1) is 19.4. The number of nitrogens with zero attached hydrogens (tertiary/aromatic N) is 2. The summed E-state index contributed by atoms with van der Waals surface area (Å²) in [6.07, 6.45) is 7.17. The number of fused-ring (bicyclic) bond motifs is 1. The molecule has 0 aliphatic heterocycles. The van der Waals surface area contributed by atoms with Crippen LogP contribution in [0, 0.1) is 5.41 Å². The third-order valence-electron chi connectivity index (χ3n) is 7.98. The zero-order chi connectivity index (χ0) is 28.1. The fraction of sp³-hybridized carbons (Fsp3) is 0.324. The van der Waals surface area contributed by atoms with Crippen molar-refractivity contribution in [1.29, 1.82) is 0 Å². The minimum absolute atomic E-state index is 0.0410.